The van der Waals surface area contributed by atoms with E-state index in [-0.39, 0.29) is 0 Å². The molecule has 0 bridgehead atoms. The highest BCUT2D eigenvalue weighted by atomic mass is 79.9. The summed E-state index contributed by atoms with van der Waals surface area (Å²) in [5.74, 6) is 0.935. The molecule has 0 unspecified atom stereocenters. The second-order valence-corrected chi connectivity index (χ2v) is 5.33. The van der Waals surface area contributed by atoms with E-state index in [0.717, 1.165) is 39.4 Å². The van der Waals surface area contributed by atoms with Crippen LogP contribution in [-0.2, 0) is 6.54 Å². The van der Waals surface area contributed by atoms with E-state index in [2.05, 4.69) is 45.8 Å². The number of halogens is 1. The highest BCUT2D eigenvalue weighted by Crippen LogP contribution is 2.35. The van der Waals surface area contributed by atoms with Crippen molar-refractivity contribution in [2.75, 3.05) is 7.11 Å². The van der Waals surface area contributed by atoms with Gasteiger partial charge in [0.15, 0.2) is 4.73 Å². The predicted octanol–water partition coefficient (Wildman–Crippen LogP) is 3.23. The lowest BCUT2D eigenvalue weighted by molar-refractivity contribution is 0.408. The molecule has 3 N–H and O–H groups in total. The monoisotopic (exact) mass is 323 g/mol. The van der Waals surface area contributed by atoms with Crippen LogP contribution in [0, 0.1) is 20.8 Å². The van der Waals surface area contributed by atoms with Crippen molar-refractivity contribution in [3.8, 4) is 17.0 Å². The molecule has 0 aliphatic heterocycles. The van der Waals surface area contributed by atoms with Crippen LogP contribution in [0.5, 0.6) is 5.75 Å². The summed E-state index contributed by atoms with van der Waals surface area (Å²) < 4.78 is 6.15. The molecule has 102 valence electrons. The maximum Gasteiger partial charge on any atom is 0.175 e. The van der Waals surface area contributed by atoms with Crippen molar-refractivity contribution in [2.45, 2.75) is 27.3 Å². The second kappa shape index (κ2) is 5.35. The summed E-state index contributed by atoms with van der Waals surface area (Å²) in [7, 11) is 1.70. The molecule has 0 spiro atoms. The molecule has 0 aliphatic rings. The van der Waals surface area contributed by atoms with Crippen molar-refractivity contribution in [3.63, 3.8) is 0 Å². The highest BCUT2D eigenvalue weighted by molar-refractivity contribution is 9.10. The largest absolute Gasteiger partial charge is 0.496 e. The molecule has 2 rings (SSSR count). The quantitative estimate of drug-likeness (QED) is 0.911. The van der Waals surface area contributed by atoms with Crippen molar-refractivity contribution in [1.82, 2.24) is 9.97 Å². The number of aryl methyl sites for hydroxylation is 1. The van der Waals surface area contributed by atoms with Gasteiger partial charge in [0.1, 0.15) is 5.75 Å². The Balaban J connectivity index is 2.69. The van der Waals surface area contributed by atoms with Gasteiger partial charge in [-0.15, -0.1) is 0 Å². The topological polar surface area (TPSA) is 63.9 Å². The van der Waals surface area contributed by atoms with Crippen molar-refractivity contribution in [1.29, 1.82) is 0 Å². The standard InChI is InChI=1S/C14H18BrN3O/c1-7-5-10(8(2)9(3)13(7)19-4)12-11(6-16)17-14(15)18-12/h5H,6,16H2,1-4H3,(H,17,18). The minimum Gasteiger partial charge on any atom is -0.496 e. The van der Waals surface area contributed by atoms with E-state index in [9.17, 15) is 0 Å². The summed E-state index contributed by atoms with van der Waals surface area (Å²) in [5.41, 5.74) is 12.1. The maximum absolute atomic E-state index is 5.77. The lowest BCUT2D eigenvalue weighted by atomic mass is 9.96. The van der Waals surface area contributed by atoms with Gasteiger partial charge in [-0.05, 0) is 59.5 Å². The van der Waals surface area contributed by atoms with Crippen molar-refractivity contribution in [3.05, 3.63) is 33.2 Å². The number of nitrogens with one attached hydrogen (secondary N) is 1. The minimum absolute atomic E-state index is 0.428. The zero-order chi connectivity index (χ0) is 14.2. The number of imidazole rings is 1. The van der Waals surface area contributed by atoms with E-state index >= 15 is 0 Å². The van der Waals surface area contributed by atoms with Crippen LogP contribution in [0.1, 0.15) is 22.4 Å². The van der Waals surface area contributed by atoms with Gasteiger partial charge in [0.2, 0.25) is 0 Å². The maximum atomic E-state index is 5.77. The Kier molecular flexibility index (Phi) is 3.96. The van der Waals surface area contributed by atoms with Crippen molar-refractivity contribution < 1.29 is 4.74 Å². The molecule has 0 atom stereocenters. The first kappa shape index (κ1) is 14.1. The highest BCUT2D eigenvalue weighted by Gasteiger charge is 2.17. The zero-order valence-corrected chi connectivity index (χ0v) is 13.2. The third-order valence-corrected chi connectivity index (χ3v) is 3.81. The SMILES string of the molecule is COc1c(C)cc(-c2nc(Br)[nH]c2CN)c(C)c1C. The number of hydrogen-bond donors (Lipinski definition) is 2. The van der Waals surface area contributed by atoms with Gasteiger partial charge in [-0.1, -0.05) is 0 Å². The van der Waals surface area contributed by atoms with Gasteiger partial charge in [0.25, 0.3) is 0 Å². The Morgan fingerprint density at radius 1 is 1.32 bits per heavy atom. The molecule has 2 aromatic rings. The molecule has 0 amide bonds. The van der Waals surface area contributed by atoms with Gasteiger partial charge in [0.05, 0.1) is 18.5 Å². The lowest BCUT2D eigenvalue weighted by Crippen LogP contribution is -2.01. The van der Waals surface area contributed by atoms with Crippen LogP contribution in [0.15, 0.2) is 10.8 Å². The fraction of sp³-hybridized carbons (Fsp3) is 0.357. The third kappa shape index (κ3) is 2.40. The minimum atomic E-state index is 0.428. The Morgan fingerprint density at radius 3 is 2.58 bits per heavy atom. The number of methoxy groups -OCH3 is 1. The van der Waals surface area contributed by atoms with E-state index < -0.39 is 0 Å². The molecule has 0 aliphatic carbocycles. The van der Waals surface area contributed by atoms with Gasteiger partial charge >= 0.3 is 0 Å². The Morgan fingerprint density at radius 2 is 2.00 bits per heavy atom. The number of aromatic amines is 1. The summed E-state index contributed by atoms with van der Waals surface area (Å²) >= 11 is 3.36. The number of aromatic nitrogens is 2. The Hall–Kier alpha value is -1.33. The van der Waals surface area contributed by atoms with Gasteiger partial charge in [-0.25, -0.2) is 4.98 Å². The average Bonchev–Trinajstić information content (AvgIpc) is 2.75. The Bertz CT molecular complexity index is 620. The summed E-state index contributed by atoms with van der Waals surface area (Å²) in [6, 6.07) is 2.10. The van der Waals surface area contributed by atoms with Crippen LogP contribution < -0.4 is 10.5 Å². The molecule has 0 saturated carbocycles. The fourth-order valence-electron chi connectivity index (χ4n) is 2.37. The number of nitrogens with zero attached hydrogens (tertiary/aromatic N) is 1. The molecule has 19 heavy (non-hydrogen) atoms. The predicted molar refractivity (Wildman–Crippen MR) is 80.4 cm³/mol. The number of hydrogen-bond acceptors (Lipinski definition) is 3. The first-order chi connectivity index (χ1) is 8.99. The number of H-pyrrole nitrogens is 1. The van der Waals surface area contributed by atoms with Gasteiger partial charge in [-0.2, -0.15) is 0 Å². The first-order valence-electron chi connectivity index (χ1n) is 6.09. The van der Waals surface area contributed by atoms with Crippen molar-refractivity contribution >= 4 is 15.9 Å². The molecule has 0 radical (unpaired) electrons. The van der Waals surface area contributed by atoms with Crippen LogP contribution in [0.3, 0.4) is 0 Å². The van der Waals surface area contributed by atoms with E-state index in [1.54, 1.807) is 7.11 Å². The molecule has 0 saturated heterocycles. The van der Waals surface area contributed by atoms with E-state index in [0.29, 0.717) is 11.3 Å². The summed E-state index contributed by atoms with van der Waals surface area (Å²) in [6.07, 6.45) is 0. The summed E-state index contributed by atoms with van der Waals surface area (Å²) in [5, 5.41) is 0. The average molecular weight is 324 g/mol. The van der Waals surface area contributed by atoms with Crippen molar-refractivity contribution in [2.24, 2.45) is 5.73 Å². The number of rotatable bonds is 3. The lowest BCUT2D eigenvalue weighted by Gasteiger charge is -2.15. The molecule has 0 fully saturated rings. The van der Waals surface area contributed by atoms with Crippen LogP contribution in [0.4, 0.5) is 0 Å². The van der Waals surface area contributed by atoms with Crippen LogP contribution in [0.2, 0.25) is 0 Å². The number of nitrogens with two attached hydrogens (primary N) is 1. The van der Waals surface area contributed by atoms with Crippen LogP contribution >= 0.6 is 15.9 Å². The van der Waals surface area contributed by atoms with Crippen LogP contribution in [0.25, 0.3) is 11.3 Å². The van der Waals surface area contributed by atoms with E-state index in [1.165, 1.54) is 0 Å². The van der Waals surface area contributed by atoms with E-state index in [1.807, 2.05) is 6.92 Å². The number of ether oxygens (including phenoxy) is 1. The normalized spacial score (nSPS) is 10.8. The first-order valence-corrected chi connectivity index (χ1v) is 6.88. The molecule has 1 heterocycles. The molecule has 1 aromatic carbocycles. The number of benzene rings is 1. The Labute approximate surface area is 121 Å². The van der Waals surface area contributed by atoms with E-state index in [4.69, 9.17) is 10.5 Å². The molecular formula is C14H18BrN3O. The summed E-state index contributed by atoms with van der Waals surface area (Å²) in [4.78, 5) is 7.63. The smallest absolute Gasteiger partial charge is 0.175 e. The second-order valence-electron chi connectivity index (χ2n) is 4.58. The molecule has 1 aromatic heterocycles. The van der Waals surface area contributed by atoms with Crippen LogP contribution in [-0.4, -0.2) is 17.1 Å². The fourth-order valence-corrected chi connectivity index (χ4v) is 2.78. The zero-order valence-electron chi connectivity index (χ0n) is 11.6. The van der Waals surface area contributed by atoms with Gasteiger partial charge < -0.3 is 15.5 Å². The molecule has 5 heteroatoms. The molecule has 4 nitrogen and oxygen atoms in total. The van der Waals surface area contributed by atoms with Gasteiger partial charge in [-0.3, -0.25) is 0 Å². The summed E-state index contributed by atoms with van der Waals surface area (Å²) in [6.45, 7) is 6.61. The van der Waals surface area contributed by atoms with Gasteiger partial charge in [0, 0.05) is 12.1 Å². The third-order valence-electron chi connectivity index (χ3n) is 3.44. The molecular weight excluding hydrogens is 306 g/mol.